The highest BCUT2D eigenvalue weighted by atomic mass is 16.5. The number of phenolic OH excluding ortho intramolecular Hbond substituents is 3. The second-order valence-electron chi connectivity index (χ2n) is 12.4. The quantitative estimate of drug-likeness (QED) is 0.209. The van der Waals surface area contributed by atoms with Gasteiger partial charge in [0.25, 0.3) is 0 Å². The van der Waals surface area contributed by atoms with E-state index in [9.17, 15) is 24.9 Å². The number of methoxy groups -OCH3 is 1. The first-order valence-electron chi connectivity index (χ1n) is 15.3. The van der Waals surface area contributed by atoms with E-state index in [0.717, 1.165) is 36.6 Å². The lowest BCUT2D eigenvalue weighted by atomic mass is 9.55. The maximum atomic E-state index is 12.0. The summed E-state index contributed by atoms with van der Waals surface area (Å²) in [6.07, 6.45) is 7.56. The molecule has 5 unspecified atom stereocenters. The van der Waals surface area contributed by atoms with Crippen LogP contribution in [0.25, 0.3) is 0 Å². The van der Waals surface area contributed by atoms with Crippen molar-refractivity contribution in [3.63, 3.8) is 0 Å². The predicted molar refractivity (Wildman–Crippen MR) is 164 cm³/mol. The van der Waals surface area contributed by atoms with Crippen LogP contribution in [0.2, 0.25) is 0 Å². The zero-order valence-corrected chi connectivity index (χ0v) is 25.2. The third kappa shape index (κ3) is 6.36. The number of aromatic hydroxyl groups is 3. The van der Waals surface area contributed by atoms with Crippen molar-refractivity contribution in [2.75, 3.05) is 7.11 Å². The molecular weight excluding hydrogens is 544 g/mol. The molecule has 0 bridgehead atoms. The largest absolute Gasteiger partial charge is 0.508 e. The van der Waals surface area contributed by atoms with Crippen molar-refractivity contribution < 1.29 is 34.4 Å². The molecule has 0 aliphatic heterocycles. The molecular formula is C36H42O7. The van der Waals surface area contributed by atoms with Crippen LogP contribution in [-0.4, -0.2) is 40.3 Å². The fourth-order valence-electron chi connectivity index (χ4n) is 7.74. The van der Waals surface area contributed by atoms with E-state index in [1.54, 1.807) is 31.4 Å². The van der Waals surface area contributed by atoms with Crippen LogP contribution in [0.3, 0.4) is 0 Å². The molecule has 3 aromatic rings. The number of hydrogen-bond donors (Lipinski definition) is 3. The maximum absolute atomic E-state index is 12.0. The van der Waals surface area contributed by atoms with E-state index in [1.807, 2.05) is 19.1 Å². The Kier molecular flexibility index (Phi) is 9.00. The molecule has 2 fully saturated rings. The molecule has 0 aromatic heterocycles. The van der Waals surface area contributed by atoms with Crippen molar-refractivity contribution in [1.29, 1.82) is 0 Å². The minimum atomic E-state index is -0.210. The Morgan fingerprint density at radius 1 is 0.907 bits per heavy atom. The van der Waals surface area contributed by atoms with E-state index in [4.69, 9.17) is 9.47 Å². The number of ether oxygens (including phenoxy) is 2. The Morgan fingerprint density at radius 2 is 1.63 bits per heavy atom. The van der Waals surface area contributed by atoms with Gasteiger partial charge in [0.05, 0.1) is 12.7 Å². The molecule has 0 heterocycles. The Labute approximate surface area is 253 Å². The molecule has 0 saturated heterocycles. The molecule has 3 aliphatic carbocycles. The van der Waals surface area contributed by atoms with Gasteiger partial charge < -0.3 is 24.8 Å². The van der Waals surface area contributed by atoms with Crippen molar-refractivity contribution >= 4 is 11.8 Å². The fraction of sp³-hybridized carbons (Fsp3) is 0.444. The summed E-state index contributed by atoms with van der Waals surface area (Å²) in [7, 11) is 1.58. The number of fused-ring (bicyclic) bond motifs is 5. The maximum Gasteiger partial charge on any atom is 0.305 e. The Morgan fingerprint density at radius 3 is 2.33 bits per heavy atom. The molecule has 3 aromatic carbocycles. The molecule has 0 amide bonds. The Balaban J connectivity index is 0.000000177. The number of rotatable bonds is 6. The van der Waals surface area contributed by atoms with Crippen molar-refractivity contribution in [2.24, 2.45) is 17.3 Å². The number of ketones is 1. The summed E-state index contributed by atoms with van der Waals surface area (Å²) in [4.78, 5) is 23.8. The van der Waals surface area contributed by atoms with Crippen molar-refractivity contribution in [2.45, 2.75) is 77.2 Å². The van der Waals surface area contributed by atoms with Gasteiger partial charge in [0, 0.05) is 24.3 Å². The molecule has 5 atom stereocenters. The lowest BCUT2D eigenvalue weighted by Gasteiger charge is -2.50. The van der Waals surface area contributed by atoms with E-state index in [0.29, 0.717) is 29.9 Å². The van der Waals surface area contributed by atoms with E-state index in [2.05, 4.69) is 13.0 Å². The van der Waals surface area contributed by atoms with Gasteiger partial charge in [0.1, 0.15) is 29.1 Å². The zero-order chi connectivity index (χ0) is 30.7. The normalized spacial score (nSPS) is 25.3. The van der Waals surface area contributed by atoms with Crippen LogP contribution in [0, 0.1) is 17.3 Å². The summed E-state index contributed by atoms with van der Waals surface area (Å²) in [5.74, 6) is 2.56. The predicted octanol–water partition coefficient (Wildman–Crippen LogP) is 7.10. The second-order valence-corrected chi connectivity index (χ2v) is 12.4. The number of carbonyl (C=O) groups excluding carboxylic acids is 2. The Bertz CT molecular complexity index is 1460. The summed E-state index contributed by atoms with van der Waals surface area (Å²) in [5, 5.41) is 28.6. The van der Waals surface area contributed by atoms with Gasteiger partial charge in [-0.25, -0.2) is 0 Å². The standard InChI is InChI=1S/C21H28O3.C15H14O4/c1-3-20(23)24-19-9-8-18-17-6-4-13-12-14(22)5-7-15(13)16(17)10-11-21(18,19)2;1-19-12-5-2-10(3-6-12)8-14(17)13-7-4-11(16)9-15(13)18/h5,7,12,16-19,22H,3-4,6,8-11H2,1-2H3;2-7,9,16,18H,8H2,1H3. The van der Waals surface area contributed by atoms with Gasteiger partial charge in [-0.2, -0.15) is 0 Å². The van der Waals surface area contributed by atoms with E-state index in [-0.39, 0.29) is 46.8 Å². The van der Waals surface area contributed by atoms with Gasteiger partial charge in [-0.05, 0) is 109 Å². The lowest BCUT2D eigenvalue weighted by molar-refractivity contribution is -0.157. The highest BCUT2D eigenvalue weighted by Gasteiger charge is 2.56. The van der Waals surface area contributed by atoms with E-state index >= 15 is 0 Å². The average molecular weight is 587 g/mol. The third-order valence-electron chi connectivity index (χ3n) is 9.99. The summed E-state index contributed by atoms with van der Waals surface area (Å²) in [5.41, 5.74) is 3.99. The molecule has 228 valence electrons. The minimum absolute atomic E-state index is 0.0477. The fourth-order valence-corrected chi connectivity index (χ4v) is 7.74. The first kappa shape index (κ1) is 30.5. The summed E-state index contributed by atoms with van der Waals surface area (Å²) in [6.45, 7) is 4.24. The van der Waals surface area contributed by atoms with Gasteiger partial charge in [0.2, 0.25) is 0 Å². The van der Waals surface area contributed by atoms with Crippen molar-refractivity contribution in [3.8, 4) is 23.0 Å². The molecule has 43 heavy (non-hydrogen) atoms. The van der Waals surface area contributed by atoms with Crippen LogP contribution in [0.5, 0.6) is 23.0 Å². The number of hydrogen-bond acceptors (Lipinski definition) is 7. The summed E-state index contributed by atoms with van der Waals surface area (Å²) < 4.78 is 10.9. The van der Waals surface area contributed by atoms with Gasteiger partial charge in [-0.3, -0.25) is 9.59 Å². The molecule has 6 rings (SSSR count). The van der Waals surface area contributed by atoms with E-state index < -0.39 is 0 Å². The van der Waals surface area contributed by atoms with Crippen LogP contribution >= 0.6 is 0 Å². The Hall–Kier alpha value is -4.00. The molecule has 0 spiro atoms. The van der Waals surface area contributed by atoms with Crippen molar-refractivity contribution in [1.82, 2.24) is 0 Å². The van der Waals surface area contributed by atoms with Crippen LogP contribution in [0.15, 0.2) is 60.7 Å². The van der Waals surface area contributed by atoms with Crippen LogP contribution in [0.1, 0.15) is 85.3 Å². The topological polar surface area (TPSA) is 113 Å². The smallest absolute Gasteiger partial charge is 0.305 e. The number of carbonyl (C=O) groups is 2. The number of benzene rings is 3. The number of esters is 1. The molecule has 7 nitrogen and oxygen atoms in total. The second kappa shape index (κ2) is 12.7. The number of Topliss-reactive ketones (excluding diaryl/α,β-unsaturated/α-hetero) is 1. The van der Waals surface area contributed by atoms with Gasteiger partial charge in [0.15, 0.2) is 5.78 Å². The van der Waals surface area contributed by atoms with Crippen LogP contribution in [-0.2, 0) is 22.4 Å². The number of phenols is 3. The SMILES string of the molecule is CCC(=O)OC1CCC2C3CCc4cc(O)ccc4C3CCC12C.COc1ccc(CC(=O)c2ccc(O)cc2O)cc1. The number of aryl methyl sites for hydroxylation is 1. The van der Waals surface area contributed by atoms with Crippen LogP contribution in [0.4, 0.5) is 0 Å². The first-order chi connectivity index (χ1) is 20.6. The molecule has 7 heteroatoms. The first-order valence-corrected chi connectivity index (χ1v) is 15.3. The third-order valence-corrected chi connectivity index (χ3v) is 9.99. The monoisotopic (exact) mass is 586 g/mol. The summed E-state index contributed by atoms with van der Waals surface area (Å²) >= 11 is 0. The van der Waals surface area contributed by atoms with Gasteiger partial charge in [-0.15, -0.1) is 0 Å². The molecule has 3 N–H and O–H groups in total. The van der Waals surface area contributed by atoms with Gasteiger partial charge >= 0.3 is 5.97 Å². The average Bonchev–Trinajstić information content (AvgIpc) is 3.33. The molecule has 0 radical (unpaired) electrons. The molecule has 3 aliphatic rings. The minimum Gasteiger partial charge on any atom is -0.508 e. The summed E-state index contributed by atoms with van der Waals surface area (Å²) in [6, 6.07) is 17.0. The van der Waals surface area contributed by atoms with E-state index in [1.165, 1.54) is 42.5 Å². The lowest BCUT2D eigenvalue weighted by Crippen LogP contribution is -2.45. The molecule has 2 saturated carbocycles. The van der Waals surface area contributed by atoms with Gasteiger partial charge in [-0.1, -0.05) is 32.0 Å². The van der Waals surface area contributed by atoms with Crippen LogP contribution < -0.4 is 4.74 Å². The highest BCUT2D eigenvalue weighted by Crippen LogP contribution is 2.61. The van der Waals surface area contributed by atoms with Crippen molar-refractivity contribution in [3.05, 3.63) is 82.9 Å². The zero-order valence-electron chi connectivity index (χ0n) is 25.2. The highest BCUT2D eigenvalue weighted by molar-refractivity contribution is 6.00.